The van der Waals surface area contributed by atoms with Crippen molar-refractivity contribution >= 4 is 23.1 Å². The average molecular weight is 279 g/mol. The number of Topliss-reactive ketones (excluding diaryl/α,β-unsaturated/α-hetero) is 1. The highest BCUT2D eigenvalue weighted by Gasteiger charge is 2.14. The number of rotatable bonds is 5. The van der Waals surface area contributed by atoms with Crippen molar-refractivity contribution in [3.05, 3.63) is 40.9 Å². The Labute approximate surface area is 116 Å². The lowest BCUT2D eigenvalue weighted by Gasteiger charge is -2.06. The minimum atomic E-state index is -0.0838. The Kier molecular flexibility index (Phi) is 4.16. The second-order valence-electron chi connectivity index (χ2n) is 4.23. The van der Waals surface area contributed by atoms with Gasteiger partial charge in [-0.05, 0) is 24.6 Å². The topological polar surface area (TPSA) is 73.8 Å². The summed E-state index contributed by atoms with van der Waals surface area (Å²) in [6, 6.07) is 4.87. The molecule has 1 heterocycles. The van der Waals surface area contributed by atoms with Crippen molar-refractivity contribution in [3.63, 3.8) is 0 Å². The number of ketones is 1. The highest BCUT2D eigenvalue weighted by atomic mass is 35.5. The van der Waals surface area contributed by atoms with E-state index in [2.05, 4.69) is 10.1 Å². The molecule has 0 amide bonds. The van der Waals surface area contributed by atoms with E-state index in [0.29, 0.717) is 22.1 Å². The van der Waals surface area contributed by atoms with Gasteiger partial charge >= 0.3 is 0 Å². The molecule has 1 aromatic carbocycles. The Hall–Kier alpha value is -1.88. The van der Waals surface area contributed by atoms with Gasteiger partial charge in [0.2, 0.25) is 0 Å². The number of carbonyl (C=O) groups excluding carboxylic acids is 1. The van der Waals surface area contributed by atoms with E-state index in [-0.39, 0.29) is 12.2 Å². The van der Waals surface area contributed by atoms with Crippen molar-refractivity contribution in [2.45, 2.75) is 26.3 Å². The Bertz CT molecular complexity index is 594. The van der Waals surface area contributed by atoms with Gasteiger partial charge in [0.25, 0.3) is 0 Å². The van der Waals surface area contributed by atoms with Gasteiger partial charge in [0, 0.05) is 22.8 Å². The lowest BCUT2D eigenvalue weighted by atomic mass is 10.1. The van der Waals surface area contributed by atoms with Crippen LogP contribution in [-0.4, -0.2) is 20.5 Å². The predicted octanol–water partition coefficient (Wildman–Crippen LogP) is 2.35. The molecule has 0 spiro atoms. The third kappa shape index (κ3) is 3.12. The van der Waals surface area contributed by atoms with Crippen molar-refractivity contribution in [3.8, 4) is 0 Å². The molecule has 0 bridgehead atoms. The van der Waals surface area contributed by atoms with Crippen LogP contribution in [0.1, 0.15) is 29.5 Å². The van der Waals surface area contributed by atoms with Crippen molar-refractivity contribution in [1.29, 1.82) is 0 Å². The van der Waals surface area contributed by atoms with Gasteiger partial charge in [0.1, 0.15) is 12.2 Å². The van der Waals surface area contributed by atoms with Crippen LogP contribution in [0.15, 0.2) is 24.5 Å². The van der Waals surface area contributed by atoms with Gasteiger partial charge in [-0.1, -0.05) is 18.5 Å². The summed E-state index contributed by atoms with van der Waals surface area (Å²) in [4.78, 5) is 16.3. The van der Waals surface area contributed by atoms with Gasteiger partial charge in [0.05, 0.1) is 6.42 Å². The number of hydrogen-bond donors (Lipinski definition) is 1. The van der Waals surface area contributed by atoms with E-state index in [9.17, 15) is 4.79 Å². The predicted molar refractivity (Wildman–Crippen MR) is 74.2 cm³/mol. The highest BCUT2D eigenvalue weighted by molar-refractivity contribution is 6.31. The summed E-state index contributed by atoms with van der Waals surface area (Å²) < 4.78 is 1.74. The van der Waals surface area contributed by atoms with Crippen LogP contribution in [0.5, 0.6) is 0 Å². The average Bonchev–Trinajstić information content (AvgIpc) is 2.77. The highest BCUT2D eigenvalue weighted by Crippen LogP contribution is 2.19. The molecule has 0 radical (unpaired) electrons. The molecule has 0 saturated heterocycles. The van der Waals surface area contributed by atoms with E-state index in [1.807, 2.05) is 6.92 Å². The first-order valence-electron chi connectivity index (χ1n) is 6.06. The number of benzene rings is 1. The van der Waals surface area contributed by atoms with Crippen molar-refractivity contribution in [2.24, 2.45) is 0 Å². The molecular weight excluding hydrogens is 264 g/mol. The number of anilines is 1. The van der Waals surface area contributed by atoms with Gasteiger partial charge in [-0.3, -0.25) is 4.79 Å². The van der Waals surface area contributed by atoms with E-state index in [0.717, 1.165) is 13.0 Å². The van der Waals surface area contributed by atoms with Crippen LogP contribution < -0.4 is 5.73 Å². The lowest BCUT2D eigenvalue weighted by molar-refractivity contribution is 0.0990. The number of aromatic nitrogens is 3. The largest absolute Gasteiger partial charge is 0.398 e. The summed E-state index contributed by atoms with van der Waals surface area (Å²) in [7, 11) is 0. The zero-order chi connectivity index (χ0) is 13.8. The minimum Gasteiger partial charge on any atom is -0.398 e. The van der Waals surface area contributed by atoms with Crippen LogP contribution in [0.4, 0.5) is 5.69 Å². The number of nitrogen functional groups attached to an aromatic ring is 1. The molecule has 2 N–H and O–H groups in total. The quantitative estimate of drug-likeness (QED) is 0.673. The summed E-state index contributed by atoms with van der Waals surface area (Å²) >= 11 is 5.81. The Morgan fingerprint density at radius 3 is 2.95 bits per heavy atom. The molecule has 0 atom stereocenters. The minimum absolute atomic E-state index is 0.0838. The van der Waals surface area contributed by atoms with Gasteiger partial charge in [-0.15, -0.1) is 0 Å². The SMILES string of the molecule is CCCn1ncnc1CC(=O)c1ccc(Cl)cc1N. The third-order valence-corrected chi connectivity index (χ3v) is 3.00. The summed E-state index contributed by atoms with van der Waals surface area (Å²) in [5, 5.41) is 4.61. The summed E-state index contributed by atoms with van der Waals surface area (Å²) in [6.07, 6.45) is 2.59. The molecule has 0 aliphatic heterocycles. The number of nitrogens with zero attached hydrogens (tertiary/aromatic N) is 3. The van der Waals surface area contributed by atoms with Crippen LogP contribution in [0.3, 0.4) is 0 Å². The van der Waals surface area contributed by atoms with Gasteiger partial charge in [-0.25, -0.2) is 9.67 Å². The first-order valence-corrected chi connectivity index (χ1v) is 6.44. The van der Waals surface area contributed by atoms with Crippen LogP contribution in [0.25, 0.3) is 0 Å². The normalized spacial score (nSPS) is 10.6. The first kappa shape index (κ1) is 13.5. The van der Waals surface area contributed by atoms with Crippen LogP contribution in [0.2, 0.25) is 5.02 Å². The second kappa shape index (κ2) is 5.84. The molecule has 100 valence electrons. The van der Waals surface area contributed by atoms with Gasteiger partial charge in [0.15, 0.2) is 5.78 Å². The van der Waals surface area contributed by atoms with E-state index >= 15 is 0 Å². The molecule has 0 fully saturated rings. The maximum atomic E-state index is 12.2. The van der Waals surface area contributed by atoms with E-state index in [1.54, 1.807) is 22.9 Å². The fourth-order valence-corrected chi connectivity index (χ4v) is 2.03. The number of aryl methyl sites for hydroxylation is 1. The molecule has 6 heteroatoms. The second-order valence-corrected chi connectivity index (χ2v) is 4.67. The fourth-order valence-electron chi connectivity index (χ4n) is 1.85. The first-order chi connectivity index (χ1) is 9.11. The smallest absolute Gasteiger partial charge is 0.172 e. The van der Waals surface area contributed by atoms with Gasteiger partial charge < -0.3 is 5.73 Å². The number of carbonyl (C=O) groups is 1. The zero-order valence-corrected chi connectivity index (χ0v) is 11.4. The van der Waals surface area contributed by atoms with E-state index in [1.165, 1.54) is 6.33 Å². The Morgan fingerprint density at radius 1 is 1.47 bits per heavy atom. The maximum Gasteiger partial charge on any atom is 0.172 e. The van der Waals surface area contributed by atoms with Crippen molar-refractivity contribution in [2.75, 3.05) is 5.73 Å². The molecular formula is C13H15ClN4O. The monoisotopic (exact) mass is 278 g/mol. The molecule has 1 aromatic heterocycles. The van der Waals surface area contributed by atoms with Gasteiger partial charge in [-0.2, -0.15) is 5.10 Å². The van der Waals surface area contributed by atoms with Crippen LogP contribution in [-0.2, 0) is 13.0 Å². The van der Waals surface area contributed by atoms with E-state index < -0.39 is 0 Å². The lowest BCUT2D eigenvalue weighted by Crippen LogP contribution is -2.13. The van der Waals surface area contributed by atoms with Crippen molar-refractivity contribution < 1.29 is 4.79 Å². The van der Waals surface area contributed by atoms with E-state index in [4.69, 9.17) is 17.3 Å². The Morgan fingerprint density at radius 2 is 2.26 bits per heavy atom. The number of halogens is 1. The third-order valence-electron chi connectivity index (χ3n) is 2.76. The summed E-state index contributed by atoms with van der Waals surface area (Å²) in [5.74, 6) is 0.570. The molecule has 5 nitrogen and oxygen atoms in total. The Balaban J connectivity index is 2.18. The summed E-state index contributed by atoms with van der Waals surface area (Å²) in [6.45, 7) is 2.79. The zero-order valence-electron chi connectivity index (χ0n) is 10.6. The molecule has 0 aliphatic rings. The molecule has 0 saturated carbocycles. The molecule has 0 unspecified atom stereocenters. The molecule has 2 rings (SSSR count). The number of nitrogens with two attached hydrogens (primary N) is 1. The molecule has 19 heavy (non-hydrogen) atoms. The van der Waals surface area contributed by atoms with Crippen LogP contribution >= 0.6 is 11.6 Å². The standard InChI is InChI=1S/C13H15ClN4O/c1-2-5-18-13(16-8-17-18)7-12(19)10-4-3-9(14)6-11(10)15/h3-4,6,8H,2,5,7,15H2,1H3. The van der Waals surface area contributed by atoms with Crippen molar-refractivity contribution in [1.82, 2.24) is 14.8 Å². The maximum absolute atomic E-state index is 12.2. The molecule has 0 aliphatic carbocycles. The number of hydrogen-bond acceptors (Lipinski definition) is 4. The molecule has 2 aromatic rings. The fraction of sp³-hybridized carbons (Fsp3) is 0.308. The van der Waals surface area contributed by atoms with Crippen LogP contribution in [0, 0.1) is 0 Å². The summed E-state index contributed by atoms with van der Waals surface area (Å²) in [5.41, 5.74) is 6.66.